The van der Waals surface area contributed by atoms with Crippen LogP contribution in [-0.2, 0) is 29.0 Å². The number of amides is 5. The number of aliphatic hydroxyl groups is 1. The number of hydrogen-bond donors (Lipinski definition) is 3. The van der Waals surface area contributed by atoms with Gasteiger partial charge < -0.3 is 39.3 Å². The number of piperidine rings is 3. The van der Waals surface area contributed by atoms with Crippen LogP contribution in [0.5, 0.6) is 5.88 Å². The molecule has 11 rings (SSSR count). The minimum absolute atomic E-state index is 0.0537. The van der Waals surface area contributed by atoms with E-state index in [1.54, 1.807) is 25.4 Å². The van der Waals surface area contributed by atoms with Crippen molar-refractivity contribution in [2.75, 3.05) is 72.9 Å². The molecular formula is C53H65N11O7. The number of carbonyl (C=O) groups excluding carboxylic acids is 5. The number of aliphatic hydroxyl groups excluding tert-OH is 1. The van der Waals surface area contributed by atoms with Gasteiger partial charge in [0.25, 0.3) is 17.7 Å². The van der Waals surface area contributed by atoms with Crippen LogP contribution >= 0.6 is 0 Å². The number of methoxy groups -OCH3 is 1. The van der Waals surface area contributed by atoms with Crippen LogP contribution in [0.15, 0.2) is 54.9 Å². The summed E-state index contributed by atoms with van der Waals surface area (Å²) in [4.78, 5) is 87.3. The molecule has 18 nitrogen and oxygen atoms in total. The van der Waals surface area contributed by atoms with Crippen molar-refractivity contribution in [3.63, 3.8) is 0 Å². The highest BCUT2D eigenvalue weighted by Crippen LogP contribution is 2.41. The summed E-state index contributed by atoms with van der Waals surface area (Å²) in [6.45, 7) is 15.1. The van der Waals surface area contributed by atoms with Crippen LogP contribution in [0.25, 0.3) is 0 Å². The molecule has 1 aliphatic carbocycles. The maximum atomic E-state index is 14.2. The van der Waals surface area contributed by atoms with E-state index in [4.69, 9.17) is 14.7 Å². The van der Waals surface area contributed by atoms with Crippen molar-refractivity contribution < 1.29 is 33.8 Å². The zero-order valence-electron chi connectivity index (χ0n) is 41.4. The number of benzene rings is 1. The second kappa shape index (κ2) is 18.3. The topological polar surface area (TPSA) is 189 Å². The van der Waals surface area contributed by atoms with Crippen LogP contribution in [0.2, 0.25) is 0 Å². The normalized spacial score (nSPS) is 25.3. The predicted molar refractivity (Wildman–Crippen MR) is 268 cm³/mol. The van der Waals surface area contributed by atoms with Gasteiger partial charge in [-0.2, -0.15) is 0 Å². The first-order valence-electron chi connectivity index (χ1n) is 25.5. The van der Waals surface area contributed by atoms with E-state index in [9.17, 15) is 29.1 Å². The Kier molecular flexibility index (Phi) is 12.0. The zero-order valence-corrected chi connectivity index (χ0v) is 41.4. The highest BCUT2D eigenvalue weighted by Gasteiger charge is 2.46. The number of hydrogen-bond acceptors (Lipinski definition) is 14. The Bertz CT molecular complexity index is 2780. The lowest BCUT2D eigenvalue weighted by molar-refractivity contribution is -0.136. The van der Waals surface area contributed by atoms with Crippen molar-refractivity contribution >= 4 is 58.1 Å². The Morgan fingerprint density at radius 2 is 1.55 bits per heavy atom. The molecule has 18 heteroatoms. The zero-order chi connectivity index (χ0) is 49.5. The molecule has 374 valence electrons. The fourth-order valence-corrected chi connectivity index (χ4v) is 12.9. The third-order valence-corrected chi connectivity index (χ3v) is 16.3. The SMILES string of the molecule is COc1ncc(N2CCC[C@H](N3CCn4c(cc5c4CC(C)(C)C5)C3=O)[C@@H]2[C@H](C)O)cc1Nc1ccc(N2CCN(C3CCN(c4ccc5c(c4)C(=O)N(C4CCC(=O)NC4=O)C5=O)CC3)C[C@@H]2C)cn1. The van der Waals surface area contributed by atoms with E-state index < -0.39 is 35.8 Å². The van der Waals surface area contributed by atoms with Crippen LogP contribution < -0.4 is 30.1 Å². The summed E-state index contributed by atoms with van der Waals surface area (Å²) in [7, 11) is 1.60. The molecule has 4 saturated heterocycles. The summed E-state index contributed by atoms with van der Waals surface area (Å²) in [5.74, 6) is -0.854. The van der Waals surface area contributed by atoms with E-state index in [1.807, 2.05) is 36.2 Å². The minimum atomic E-state index is -0.984. The van der Waals surface area contributed by atoms with Crippen molar-refractivity contribution in [2.24, 2.45) is 5.41 Å². The van der Waals surface area contributed by atoms with Gasteiger partial charge in [-0.05, 0) is 112 Å². The number of aromatic nitrogens is 3. The van der Waals surface area contributed by atoms with E-state index in [1.165, 1.54) is 11.3 Å². The molecule has 3 aromatic heterocycles. The molecule has 0 radical (unpaired) electrons. The van der Waals surface area contributed by atoms with E-state index in [2.05, 4.69) is 67.7 Å². The lowest BCUT2D eigenvalue weighted by Gasteiger charge is -2.49. The standard InChI is InChI=1S/C53H65N11O7/c1-31-30-59(34-14-17-58(18-15-34)35-8-10-38-39(24-35)51(69)64(50(38)68)42-11-13-46(66)57-48(42)67)19-20-60(31)36-9-12-45(54-28-36)56-40-25-37(29-55-49(40)71-5)61-16-6-7-41(47(61)32(2)65)63-22-21-62-43(52(63)70)23-33-26-53(3,4)27-44(33)62/h8-10,12,23-25,28-29,31-32,34,41-42,47,65H,6-7,11,13-22,26-27,30H2,1-5H3,(H,54,56)(H,57,66,67)/t31-,32-,41-,42?,47-/m0/s1. The molecule has 9 heterocycles. The van der Waals surface area contributed by atoms with Crippen LogP contribution in [0, 0.1) is 5.41 Å². The number of rotatable bonds is 10. The van der Waals surface area contributed by atoms with Gasteiger partial charge in [0, 0.05) is 82.2 Å². The van der Waals surface area contributed by atoms with Gasteiger partial charge in [0.2, 0.25) is 17.7 Å². The Balaban J connectivity index is 0.705. The first-order chi connectivity index (χ1) is 34.2. The lowest BCUT2D eigenvalue weighted by Crippen LogP contribution is -2.62. The maximum absolute atomic E-state index is 14.2. The lowest BCUT2D eigenvalue weighted by atomic mass is 9.89. The summed E-state index contributed by atoms with van der Waals surface area (Å²) in [6.07, 6.45) is 8.81. The van der Waals surface area contributed by atoms with Crippen molar-refractivity contribution in [3.05, 3.63) is 82.9 Å². The largest absolute Gasteiger partial charge is 0.480 e. The molecule has 71 heavy (non-hydrogen) atoms. The van der Waals surface area contributed by atoms with E-state index in [0.29, 0.717) is 41.1 Å². The number of pyridine rings is 2. The van der Waals surface area contributed by atoms with Crippen LogP contribution in [0.3, 0.4) is 0 Å². The third-order valence-electron chi connectivity index (χ3n) is 16.3. The molecule has 0 spiro atoms. The Morgan fingerprint density at radius 1 is 0.789 bits per heavy atom. The van der Waals surface area contributed by atoms with Gasteiger partial charge in [0.1, 0.15) is 23.2 Å². The molecule has 1 aromatic carbocycles. The highest BCUT2D eigenvalue weighted by atomic mass is 16.5. The van der Waals surface area contributed by atoms with E-state index in [-0.39, 0.29) is 42.3 Å². The molecule has 0 saturated carbocycles. The second-order valence-corrected chi connectivity index (χ2v) is 21.5. The maximum Gasteiger partial charge on any atom is 0.270 e. The Hall–Kier alpha value is -6.53. The number of imide groups is 2. The molecule has 3 N–H and O–H groups in total. The van der Waals surface area contributed by atoms with E-state index in [0.717, 1.165) is 112 Å². The second-order valence-electron chi connectivity index (χ2n) is 21.5. The highest BCUT2D eigenvalue weighted by molar-refractivity contribution is 6.23. The molecule has 6 aliphatic heterocycles. The summed E-state index contributed by atoms with van der Waals surface area (Å²) in [6, 6.07) is 12.8. The molecule has 7 aliphatic rings. The fourth-order valence-electron chi connectivity index (χ4n) is 12.9. The summed E-state index contributed by atoms with van der Waals surface area (Å²) < 4.78 is 7.98. The number of nitrogens with one attached hydrogen (secondary N) is 2. The Morgan fingerprint density at radius 3 is 2.28 bits per heavy atom. The first-order valence-corrected chi connectivity index (χ1v) is 25.5. The van der Waals surface area contributed by atoms with Crippen molar-refractivity contribution in [3.8, 4) is 5.88 Å². The summed E-state index contributed by atoms with van der Waals surface area (Å²) in [5.41, 5.74) is 7.62. The van der Waals surface area contributed by atoms with Gasteiger partial charge >= 0.3 is 0 Å². The summed E-state index contributed by atoms with van der Waals surface area (Å²) in [5, 5.41) is 17.1. The fraction of sp³-hybridized carbons (Fsp3) is 0.528. The van der Waals surface area contributed by atoms with Crippen LogP contribution in [0.1, 0.15) is 109 Å². The number of fused-ring (bicyclic) bond motifs is 4. The number of piperazine rings is 1. The smallest absolute Gasteiger partial charge is 0.270 e. The monoisotopic (exact) mass is 968 g/mol. The third kappa shape index (κ3) is 8.45. The average Bonchev–Trinajstić information content (AvgIpc) is 3.95. The van der Waals surface area contributed by atoms with Crippen LogP contribution in [-0.4, -0.2) is 153 Å². The minimum Gasteiger partial charge on any atom is -0.480 e. The summed E-state index contributed by atoms with van der Waals surface area (Å²) >= 11 is 0. The number of anilines is 5. The molecule has 5 amide bonds. The van der Waals surface area contributed by atoms with Crippen LogP contribution in [0.4, 0.5) is 28.6 Å². The molecule has 4 fully saturated rings. The van der Waals surface area contributed by atoms with Gasteiger partial charge in [-0.25, -0.2) is 9.97 Å². The predicted octanol–water partition coefficient (Wildman–Crippen LogP) is 4.61. The first kappa shape index (κ1) is 46.8. The van der Waals surface area contributed by atoms with Crippen molar-refractivity contribution in [1.29, 1.82) is 0 Å². The quantitative estimate of drug-likeness (QED) is 0.187. The number of carbonyl (C=O) groups is 5. The average molecular weight is 968 g/mol. The molecule has 5 atom stereocenters. The number of ether oxygens (including phenoxy) is 1. The van der Waals surface area contributed by atoms with Crippen molar-refractivity contribution in [2.45, 2.75) is 122 Å². The molecule has 4 aromatic rings. The van der Waals surface area contributed by atoms with E-state index >= 15 is 0 Å². The van der Waals surface area contributed by atoms with Crippen molar-refractivity contribution in [1.82, 2.24) is 34.6 Å². The van der Waals surface area contributed by atoms with Gasteiger partial charge in [-0.15, -0.1) is 0 Å². The molecule has 0 bridgehead atoms. The van der Waals surface area contributed by atoms with Gasteiger partial charge in [-0.3, -0.25) is 39.1 Å². The van der Waals surface area contributed by atoms with Gasteiger partial charge in [0.05, 0.1) is 60.2 Å². The molecular weight excluding hydrogens is 903 g/mol. The van der Waals surface area contributed by atoms with Gasteiger partial charge in [0.15, 0.2) is 0 Å². The molecule has 1 unspecified atom stereocenters. The number of nitrogens with zero attached hydrogens (tertiary/aromatic N) is 9. The van der Waals surface area contributed by atoms with Gasteiger partial charge in [-0.1, -0.05) is 13.8 Å². The Labute approximate surface area is 414 Å².